The Morgan fingerprint density at radius 3 is 2.78 bits per heavy atom. The Morgan fingerprint density at radius 1 is 1.17 bits per heavy atom. The molecule has 2 N–H and O–H groups in total. The van der Waals surface area contributed by atoms with E-state index in [1.807, 2.05) is 18.2 Å². The van der Waals surface area contributed by atoms with E-state index >= 15 is 0 Å². The van der Waals surface area contributed by atoms with E-state index in [9.17, 15) is 9.90 Å². The van der Waals surface area contributed by atoms with Gasteiger partial charge in [0.2, 0.25) is 0 Å². The third kappa shape index (κ3) is 1.77. The maximum atomic E-state index is 11.3. The largest absolute Gasteiger partial charge is 0.480 e. The maximum absolute atomic E-state index is 11.3. The maximum Gasteiger partial charge on any atom is 0.321 e. The van der Waals surface area contributed by atoms with Crippen molar-refractivity contribution < 1.29 is 9.90 Å². The van der Waals surface area contributed by atoms with Crippen molar-refractivity contribution in [3.05, 3.63) is 48.0 Å². The number of benzene rings is 2. The lowest BCUT2D eigenvalue weighted by atomic mass is 9.88. The average molecular weight is 241 g/mol. The number of hydrogen-bond acceptors (Lipinski definition) is 2. The molecule has 1 saturated heterocycles. The van der Waals surface area contributed by atoms with Crippen LogP contribution >= 0.6 is 0 Å². The number of rotatable bonds is 2. The lowest BCUT2D eigenvalue weighted by molar-refractivity contribution is -0.139. The first-order chi connectivity index (χ1) is 8.77. The molecule has 0 saturated carbocycles. The second kappa shape index (κ2) is 4.42. The van der Waals surface area contributed by atoms with Gasteiger partial charge in [0.05, 0.1) is 0 Å². The van der Waals surface area contributed by atoms with Crippen LogP contribution in [0.1, 0.15) is 17.9 Å². The van der Waals surface area contributed by atoms with Gasteiger partial charge in [-0.3, -0.25) is 4.79 Å². The van der Waals surface area contributed by atoms with Gasteiger partial charge in [-0.25, -0.2) is 0 Å². The zero-order chi connectivity index (χ0) is 12.5. The minimum Gasteiger partial charge on any atom is -0.480 e. The zero-order valence-corrected chi connectivity index (χ0v) is 9.97. The SMILES string of the molecule is O=C(O)[C@H]1NCCC1c1cccc2ccccc12. The van der Waals surface area contributed by atoms with E-state index in [1.165, 1.54) is 10.8 Å². The Kier molecular flexibility index (Phi) is 2.76. The van der Waals surface area contributed by atoms with Gasteiger partial charge < -0.3 is 10.4 Å². The summed E-state index contributed by atoms with van der Waals surface area (Å²) in [5.74, 6) is -0.695. The Labute approximate surface area is 105 Å². The van der Waals surface area contributed by atoms with Gasteiger partial charge in [0, 0.05) is 5.92 Å². The molecule has 0 aliphatic carbocycles. The van der Waals surface area contributed by atoms with Crippen LogP contribution in [0.25, 0.3) is 10.8 Å². The molecular weight excluding hydrogens is 226 g/mol. The molecule has 3 rings (SSSR count). The molecule has 0 spiro atoms. The van der Waals surface area contributed by atoms with Gasteiger partial charge in [-0.15, -0.1) is 0 Å². The number of carbonyl (C=O) groups is 1. The summed E-state index contributed by atoms with van der Waals surface area (Å²) in [6.45, 7) is 0.769. The minimum absolute atomic E-state index is 0.0635. The van der Waals surface area contributed by atoms with Crippen molar-refractivity contribution in [3.8, 4) is 0 Å². The van der Waals surface area contributed by atoms with Crippen molar-refractivity contribution >= 4 is 16.7 Å². The topological polar surface area (TPSA) is 49.3 Å². The molecule has 2 aromatic carbocycles. The van der Waals surface area contributed by atoms with Crippen LogP contribution < -0.4 is 5.32 Å². The lowest BCUT2D eigenvalue weighted by Crippen LogP contribution is -2.34. The standard InChI is InChI=1S/C15H15NO2/c17-15(18)14-13(8-9-16-14)12-7-3-5-10-4-1-2-6-11(10)12/h1-7,13-14,16H,8-9H2,(H,17,18)/t13?,14-/m0/s1. The molecule has 1 fully saturated rings. The van der Waals surface area contributed by atoms with Crippen LogP contribution in [0, 0.1) is 0 Å². The Balaban J connectivity index is 2.11. The first-order valence-electron chi connectivity index (χ1n) is 6.21. The lowest BCUT2D eigenvalue weighted by Gasteiger charge is -2.17. The molecule has 1 heterocycles. The highest BCUT2D eigenvalue weighted by Crippen LogP contribution is 2.33. The van der Waals surface area contributed by atoms with Crippen molar-refractivity contribution in [2.75, 3.05) is 6.54 Å². The van der Waals surface area contributed by atoms with E-state index in [-0.39, 0.29) is 5.92 Å². The fraction of sp³-hybridized carbons (Fsp3) is 0.267. The van der Waals surface area contributed by atoms with Gasteiger partial charge in [0.25, 0.3) is 0 Å². The summed E-state index contributed by atoms with van der Waals surface area (Å²) in [6, 6.07) is 13.8. The number of nitrogens with one attached hydrogen (secondary N) is 1. The van der Waals surface area contributed by atoms with Crippen LogP contribution in [0.2, 0.25) is 0 Å². The molecule has 1 aliphatic rings. The molecule has 0 bridgehead atoms. The van der Waals surface area contributed by atoms with Crippen molar-refractivity contribution in [1.29, 1.82) is 0 Å². The van der Waals surface area contributed by atoms with E-state index < -0.39 is 12.0 Å². The summed E-state index contributed by atoms with van der Waals surface area (Å²) in [4.78, 5) is 11.3. The highest BCUT2D eigenvalue weighted by atomic mass is 16.4. The number of carboxylic acid groups (broad SMARTS) is 1. The average Bonchev–Trinajstić information content (AvgIpc) is 2.87. The number of aliphatic carboxylic acids is 1. The summed E-state index contributed by atoms with van der Waals surface area (Å²) in [5.41, 5.74) is 1.14. The summed E-state index contributed by atoms with van der Waals surface area (Å²) in [5, 5.41) is 14.7. The summed E-state index contributed by atoms with van der Waals surface area (Å²) in [7, 11) is 0. The van der Waals surface area contributed by atoms with Crippen molar-refractivity contribution in [2.45, 2.75) is 18.4 Å². The van der Waals surface area contributed by atoms with Crippen LogP contribution in [0.3, 0.4) is 0 Å². The zero-order valence-electron chi connectivity index (χ0n) is 9.97. The van der Waals surface area contributed by atoms with Gasteiger partial charge >= 0.3 is 5.97 Å². The summed E-state index contributed by atoms with van der Waals surface area (Å²) in [6.07, 6.45) is 0.880. The minimum atomic E-state index is -0.759. The summed E-state index contributed by atoms with van der Waals surface area (Å²) < 4.78 is 0. The highest BCUT2D eigenvalue weighted by molar-refractivity contribution is 5.87. The smallest absolute Gasteiger partial charge is 0.321 e. The fourth-order valence-corrected chi connectivity index (χ4v) is 2.87. The van der Waals surface area contributed by atoms with Gasteiger partial charge in [0.1, 0.15) is 6.04 Å². The highest BCUT2D eigenvalue weighted by Gasteiger charge is 2.34. The van der Waals surface area contributed by atoms with E-state index in [0.717, 1.165) is 18.5 Å². The van der Waals surface area contributed by atoms with Crippen LogP contribution in [0.4, 0.5) is 0 Å². The number of hydrogen-bond donors (Lipinski definition) is 2. The Bertz CT molecular complexity index is 589. The normalized spacial score (nSPS) is 23.3. The third-order valence-corrected chi connectivity index (χ3v) is 3.71. The number of fused-ring (bicyclic) bond motifs is 1. The quantitative estimate of drug-likeness (QED) is 0.848. The molecule has 2 atom stereocenters. The van der Waals surface area contributed by atoms with Crippen molar-refractivity contribution in [2.24, 2.45) is 0 Å². The second-order valence-electron chi connectivity index (χ2n) is 4.73. The Morgan fingerprint density at radius 2 is 1.94 bits per heavy atom. The molecular formula is C15H15NO2. The van der Waals surface area contributed by atoms with Gasteiger partial charge in [0.15, 0.2) is 0 Å². The number of carboxylic acids is 1. The molecule has 3 nitrogen and oxygen atoms in total. The van der Waals surface area contributed by atoms with E-state index in [2.05, 4.69) is 29.6 Å². The van der Waals surface area contributed by atoms with E-state index in [4.69, 9.17) is 0 Å². The second-order valence-corrected chi connectivity index (χ2v) is 4.73. The fourth-order valence-electron chi connectivity index (χ4n) is 2.87. The van der Waals surface area contributed by atoms with Crippen LogP contribution in [0.15, 0.2) is 42.5 Å². The molecule has 1 unspecified atom stereocenters. The molecule has 3 heteroatoms. The monoisotopic (exact) mass is 241 g/mol. The molecule has 2 aromatic rings. The van der Waals surface area contributed by atoms with Crippen molar-refractivity contribution in [3.63, 3.8) is 0 Å². The van der Waals surface area contributed by atoms with Gasteiger partial charge in [-0.1, -0.05) is 42.5 Å². The van der Waals surface area contributed by atoms with Crippen LogP contribution in [-0.2, 0) is 4.79 Å². The summed E-state index contributed by atoms with van der Waals surface area (Å²) >= 11 is 0. The Hall–Kier alpha value is -1.87. The molecule has 0 amide bonds. The molecule has 0 radical (unpaired) electrons. The van der Waals surface area contributed by atoms with Gasteiger partial charge in [-0.2, -0.15) is 0 Å². The predicted octanol–water partition coefficient (Wildman–Crippen LogP) is 2.37. The predicted molar refractivity (Wildman–Crippen MR) is 70.7 cm³/mol. The van der Waals surface area contributed by atoms with Gasteiger partial charge in [-0.05, 0) is 29.3 Å². The van der Waals surface area contributed by atoms with Crippen molar-refractivity contribution in [1.82, 2.24) is 5.32 Å². The van der Waals surface area contributed by atoms with Crippen LogP contribution in [-0.4, -0.2) is 23.7 Å². The third-order valence-electron chi connectivity index (χ3n) is 3.71. The van der Waals surface area contributed by atoms with E-state index in [0.29, 0.717) is 0 Å². The molecule has 0 aromatic heterocycles. The first kappa shape index (κ1) is 11.2. The van der Waals surface area contributed by atoms with Crippen LogP contribution in [0.5, 0.6) is 0 Å². The molecule has 1 aliphatic heterocycles. The van der Waals surface area contributed by atoms with E-state index in [1.54, 1.807) is 0 Å². The molecule has 92 valence electrons. The first-order valence-corrected chi connectivity index (χ1v) is 6.21. The molecule has 18 heavy (non-hydrogen) atoms.